The van der Waals surface area contributed by atoms with E-state index < -0.39 is 5.97 Å². The number of carboxylic acid groups (broad SMARTS) is 1. The molecule has 1 aromatic rings. The van der Waals surface area contributed by atoms with Crippen LogP contribution in [0.15, 0.2) is 18.2 Å². The van der Waals surface area contributed by atoms with Gasteiger partial charge in [-0.3, -0.25) is 0 Å². The van der Waals surface area contributed by atoms with Crippen LogP contribution in [0.2, 0.25) is 0 Å². The molecule has 0 heterocycles. The number of rotatable bonds is 8. The molecule has 0 amide bonds. The summed E-state index contributed by atoms with van der Waals surface area (Å²) in [5.74, 6) is -0.350. The monoisotopic (exact) mass is 268 g/mol. The van der Waals surface area contributed by atoms with Crippen LogP contribution >= 0.6 is 0 Å². The summed E-state index contributed by atoms with van der Waals surface area (Å²) in [6, 6.07) is 4.81. The van der Waals surface area contributed by atoms with Gasteiger partial charge in [-0.25, -0.2) is 4.79 Å². The Bertz CT molecular complexity index is 414. The van der Waals surface area contributed by atoms with Gasteiger partial charge in [0.25, 0.3) is 0 Å². The lowest BCUT2D eigenvalue weighted by atomic mass is 10.2. The Kier molecular flexibility index (Phi) is 6.15. The molecule has 0 aliphatic carbocycles. The van der Waals surface area contributed by atoms with Gasteiger partial charge < -0.3 is 19.3 Å². The first-order valence-corrected chi connectivity index (χ1v) is 6.29. The molecule has 0 spiro atoms. The molecule has 0 atom stereocenters. The average molecular weight is 268 g/mol. The third-order valence-electron chi connectivity index (χ3n) is 2.29. The highest BCUT2D eigenvalue weighted by molar-refractivity contribution is 5.92. The van der Waals surface area contributed by atoms with Crippen molar-refractivity contribution in [1.82, 2.24) is 0 Å². The van der Waals surface area contributed by atoms with Crippen molar-refractivity contribution in [1.29, 1.82) is 0 Å². The zero-order valence-corrected chi connectivity index (χ0v) is 11.5. The van der Waals surface area contributed by atoms with E-state index in [-0.39, 0.29) is 24.0 Å². The van der Waals surface area contributed by atoms with Crippen LogP contribution < -0.4 is 9.47 Å². The molecule has 0 aliphatic rings. The highest BCUT2D eigenvalue weighted by Crippen LogP contribution is 2.31. The second kappa shape index (κ2) is 7.63. The molecule has 0 saturated carbocycles. The smallest absolute Gasteiger partial charge is 0.339 e. The van der Waals surface area contributed by atoms with Crippen molar-refractivity contribution < 1.29 is 24.1 Å². The Morgan fingerprint density at radius 1 is 1.26 bits per heavy atom. The number of ether oxygens (including phenoxy) is 3. The lowest BCUT2D eigenvalue weighted by molar-refractivity contribution is 0.0530. The van der Waals surface area contributed by atoms with Gasteiger partial charge >= 0.3 is 5.97 Å². The zero-order chi connectivity index (χ0) is 14.3. The predicted molar refractivity (Wildman–Crippen MR) is 71.2 cm³/mol. The minimum absolute atomic E-state index is 0.0931. The fourth-order valence-corrected chi connectivity index (χ4v) is 1.53. The summed E-state index contributed by atoms with van der Waals surface area (Å²) in [6.07, 6.45) is 0.115. The number of carboxylic acids is 1. The summed E-state index contributed by atoms with van der Waals surface area (Å²) < 4.78 is 16.2. The lowest BCUT2D eigenvalue weighted by Gasteiger charge is -2.14. The summed E-state index contributed by atoms with van der Waals surface area (Å²) in [6.45, 7) is 6.81. The Hall–Kier alpha value is -1.75. The molecule has 5 nitrogen and oxygen atoms in total. The molecule has 0 radical (unpaired) electrons. The largest absolute Gasteiger partial charge is 0.490 e. The predicted octanol–water partition coefficient (Wildman–Crippen LogP) is 2.59. The van der Waals surface area contributed by atoms with Crippen LogP contribution in [0.4, 0.5) is 0 Å². The summed E-state index contributed by atoms with van der Waals surface area (Å²) >= 11 is 0. The van der Waals surface area contributed by atoms with Gasteiger partial charge in [-0.2, -0.15) is 0 Å². The molecule has 0 unspecified atom stereocenters. The maximum Gasteiger partial charge on any atom is 0.339 e. The third-order valence-corrected chi connectivity index (χ3v) is 2.29. The molecule has 106 valence electrons. The molecule has 19 heavy (non-hydrogen) atoms. The van der Waals surface area contributed by atoms with Crippen molar-refractivity contribution in [2.24, 2.45) is 0 Å². The van der Waals surface area contributed by atoms with E-state index in [1.165, 1.54) is 6.07 Å². The van der Waals surface area contributed by atoms with Crippen LogP contribution in [0, 0.1) is 0 Å². The van der Waals surface area contributed by atoms with Crippen LogP contribution in [-0.2, 0) is 4.74 Å². The highest BCUT2D eigenvalue weighted by Gasteiger charge is 2.16. The first-order valence-electron chi connectivity index (χ1n) is 6.29. The molecule has 0 aromatic heterocycles. The number of hydrogen-bond acceptors (Lipinski definition) is 4. The SMILES string of the molecule is CCOc1cccc(C(=O)O)c1OCCOC(C)C. The quantitative estimate of drug-likeness (QED) is 0.734. The van der Waals surface area contributed by atoms with Crippen LogP contribution in [-0.4, -0.2) is 37.0 Å². The Morgan fingerprint density at radius 3 is 2.58 bits per heavy atom. The van der Waals surface area contributed by atoms with Crippen molar-refractivity contribution in [3.8, 4) is 11.5 Å². The van der Waals surface area contributed by atoms with Crippen molar-refractivity contribution in [3.63, 3.8) is 0 Å². The number of carbonyl (C=O) groups is 1. The minimum atomic E-state index is -1.04. The van der Waals surface area contributed by atoms with E-state index in [0.29, 0.717) is 19.0 Å². The van der Waals surface area contributed by atoms with E-state index in [9.17, 15) is 4.79 Å². The van der Waals surface area contributed by atoms with E-state index >= 15 is 0 Å². The zero-order valence-electron chi connectivity index (χ0n) is 11.5. The van der Waals surface area contributed by atoms with E-state index in [0.717, 1.165) is 0 Å². The summed E-state index contributed by atoms with van der Waals surface area (Å²) in [4.78, 5) is 11.2. The summed E-state index contributed by atoms with van der Waals surface area (Å²) in [5.41, 5.74) is 0.0931. The summed E-state index contributed by atoms with van der Waals surface area (Å²) in [5, 5.41) is 9.14. The van der Waals surface area contributed by atoms with Crippen LogP contribution in [0.1, 0.15) is 31.1 Å². The van der Waals surface area contributed by atoms with E-state index in [2.05, 4.69) is 0 Å². The fourth-order valence-electron chi connectivity index (χ4n) is 1.53. The van der Waals surface area contributed by atoms with Gasteiger partial charge in [0.2, 0.25) is 0 Å². The number of aromatic carboxylic acids is 1. The minimum Gasteiger partial charge on any atom is -0.490 e. The van der Waals surface area contributed by atoms with Gasteiger partial charge in [0.15, 0.2) is 11.5 Å². The number of para-hydroxylation sites is 1. The van der Waals surface area contributed by atoms with Crippen LogP contribution in [0.25, 0.3) is 0 Å². The average Bonchev–Trinajstić information content (AvgIpc) is 2.35. The molecular weight excluding hydrogens is 248 g/mol. The van der Waals surface area contributed by atoms with E-state index in [1.807, 2.05) is 20.8 Å². The Morgan fingerprint density at radius 2 is 2.00 bits per heavy atom. The highest BCUT2D eigenvalue weighted by atomic mass is 16.5. The van der Waals surface area contributed by atoms with Crippen molar-refractivity contribution in [3.05, 3.63) is 23.8 Å². The second-order valence-corrected chi connectivity index (χ2v) is 4.14. The maximum absolute atomic E-state index is 11.2. The summed E-state index contributed by atoms with van der Waals surface area (Å²) in [7, 11) is 0. The molecule has 0 bridgehead atoms. The van der Waals surface area contributed by atoms with Crippen LogP contribution in [0.5, 0.6) is 11.5 Å². The van der Waals surface area contributed by atoms with E-state index in [1.54, 1.807) is 12.1 Å². The lowest BCUT2D eigenvalue weighted by Crippen LogP contribution is -2.13. The standard InChI is InChI=1S/C14H20O5/c1-4-17-12-7-5-6-11(14(15)16)13(12)19-9-8-18-10(2)3/h5-7,10H,4,8-9H2,1-3H3,(H,15,16). The van der Waals surface area contributed by atoms with Crippen molar-refractivity contribution in [2.75, 3.05) is 19.8 Å². The Labute approximate surface area is 113 Å². The first kappa shape index (κ1) is 15.3. The molecule has 0 fully saturated rings. The number of hydrogen-bond donors (Lipinski definition) is 1. The molecule has 1 rings (SSSR count). The first-order chi connectivity index (χ1) is 9.06. The molecular formula is C14H20O5. The number of benzene rings is 1. The van der Waals surface area contributed by atoms with Gasteiger partial charge in [-0.05, 0) is 32.9 Å². The van der Waals surface area contributed by atoms with Gasteiger partial charge in [0.05, 0.1) is 19.3 Å². The second-order valence-electron chi connectivity index (χ2n) is 4.14. The molecule has 1 N–H and O–H groups in total. The van der Waals surface area contributed by atoms with Gasteiger partial charge in [0.1, 0.15) is 12.2 Å². The Balaban J connectivity index is 2.79. The fraction of sp³-hybridized carbons (Fsp3) is 0.500. The van der Waals surface area contributed by atoms with Gasteiger partial charge in [-0.1, -0.05) is 6.07 Å². The van der Waals surface area contributed by atoms with E-state index in [4.69, 9.17) is 19.3 Å². The van der Waals surface area contributed by atoms with Gasteiger partial charge in [-0.15, -0.1) is 0 Å². The third kappa shape index (κ3) is 4.79. The molecule has 1 aromatic carbocycles. The van der Waals surface area contributed by atoms with Crippen LogP contribution in [0.3, 0.4) is 0 Å². The van der Waals surface area contributed by atoms with Crippen molar-refractivity contribution in [2.45, 2.75) is 26.9 Å². The maximum atomic E-state index is 11.2. The molecule has 5 heteroatoms. The topological polar surface area (TPSA) is 65.0 Å². The molecule has 0 aliphatic heterocycles. The normalized spacial score (nSPS) is 10.5. The van der Waals surface area contributed by atoms with Crippen molar-refractivity contribution >= 4 is 5.97 Å². The molecule has 0 saturated heterocycles. The van der Waals surface area contributed by atoms with Gasteiger partial charge in [0, 0.05) is 0 Å².